The quantitative estimate of drug-likeness (QED) is 0.685. The van der Waals surface area contributed by atoms with Crippen molar-refractivity contribution < 1.29 is 14.3 Å². The second kappa shape index (κ2) is 7.74. The van der Waals surface area contributed by atoms with Crippen LogP contribution in [0, 0.1) is 5.92 Å². The standard InChI is InChI=1S/C20H23N3O3/c24-13-18(14-4-2-1-3-5-14)23-20-22-17-7-6-16(12-19(17)26-20)25-15-8-10-21-11-9-15/h6-12,14,18,24H,1-5,13H2,(H,22,23)/t18-/m0/s1. The monoisotopic (exact) mass is 353 g/mol. The number of hydrogen-bond donors (Lipinski definition) is 2. The number of ether oxygens (including phenoxy) is 1. The first kappa shape index (κ1) is 16.8. The van der Waals surface area contributed by atoms with Crippen LogP contribution in [0.5, 0.6) is 11.5 Å². The molecule has 2 aromatic heterocycles. The van der Waals surface area contributed by atoms with Crippen LogP contribution in [0.3, 0.4) is 0 Å². The van der Waals surface area contributed by atoms with Crippen molar-refractivity contribution in [2.24, 2.45) is 5.92 Å². The Kier molecular flexibility index (Phi) is 5.02. The van der Waals surface area contributed by atoms with Crippen LogP contribution in [0.15, 0.2) is 47.1 Å². The summed E-state index contributed by atoms with van der Waals surface area (Å²) < 4.78 is 11.6. The first-order valence-electron chi connectivity index (χ1n) is 9.18. The molecule has 0 aliphatic heterocycles. The third kappa shape index (κ3) is 3.80. The maximum Gasteiger partial charge on any atom is 0.295 e. The van der Waals surface area contributed by atoms with Gasteiger partial charge < -0.3 is 19.6 Å². The summed E-state index contributed by atoms with van der Waals surface area (Å²) in [5, 5.41) is 13.0. The van der Waals surface area contributed by atoms with Crippen LogP contribution < -0.4 is 10.1 Å². The zero-order valence-electron chi connectivity index (χ0n) is 14.6. The van der Waals surface area contributed by atoms with Gasteiger partial charge in [-0.2, -0.15) is 4.98 Å². The van der Waals surface area contributed by atoms with Crippen molar-refractivity contribution in [1.29, 1.82) is 0 Å². The Hall–Kier alpha value is -2.60. The lowest BCUT2D eigenvalue weighted by molar-refractivity contribution is 0.207. The van der Waals surface area contributed by atoms with Gasteiger partial charge in [-0.3, -0.25) is 4.98 Å². The molecule has 26 heavy (non-hydrogen) atoms. The van der Waals surface area contributed by atoms with Crippen molar-refractivity contribution >= 4 is 17.1 Å². The molecule has 6 heteroatoms. The fourth-order valence-corrected chi connectivity index (χ4v) is 3.58. The van der Waals surface area contributed by atoms with E-state index < -0.39 is 0 Å². The molecule has 1 saturated carbocycles. The molecule has 0 unspecified atom stereocenters. The number of pyridine rings is 1. The molecule has 1 aliphatic rings. The summed E-state index contributed by atoms with van der Waals surface area (Å²) in [5.74, 6) is 1.86. The lowest BCUT2D eigenvalue weighted by atomic mass is 9.84. The van der Waals surface area contributed by atoms with Gasteiger partial charge >= 0.3 is 0 Å². The van der Waals surface area contributed by atoms with Crippen LogP contribution in [-0.4, -0.2) is 27.7 Å². The number of aliphatic hydroxyl groups is 1. The molecule has 1 fully saturated rings. The summed E-state index contributed by atoms with van der Waals surface area (Å²) in [6.07, 6.45) is 9.40. The Morgan fingerprint density at radius 2 is 1.92 bits per heavy atom. The number of oxazole rings is 1. The van der Waals surface area contributed by atoms with E-state index in [4.69, 9.17) is 9.15 Å². The normalized spacial score (nSPS) is 16.5. The van der Waals surface area contributed by atoms with E-state index in [0.717, 1.165) is 24.1 Å². The Morgan fingerprint density at radius 3 is 2.69 bits per heavy atom. The van der Waals surface area contributed by atoms with Gasteiger partial charge in [-0.15, -0.1) is 0 Å². The minimum absolute atomic E-state index is 0.0177. The largest absolute Gasteiger partial charge is 0.457 e. The Labute approximate surface area is 152 Å². The van der Waals surface area contributed by atoms with Crippen molar-refractivity contribution in [2.75, 3.05) is 11.9 Å². The van der Waals surface area contributed by atoms with Crippen LogP contribution in [0.2, 0.25) is 0 Å². The van der Waals surface area contributed by atoms with Crippen LogP contribution in [0.4, 0.5) is 6.01 Å². The molecule has 6 nitrogen and oxygen atoms in total. The molecule has 1 atom stereocenters. The number of hydrogen-bond acceptors (Lipinski definition) is 6. The zero-order valence-corrected chi connectivity index (χ0v) is 14.6. The van der Waals surface area contributed by atoms with Crippen LogP contribution in [0.1, 0.15) is 32.1 Å². The maximum atomic E-state index is 9.77. The highest BCUT2D eigenvalue weighted by Gasteiger charge is 2.24. The number of aliphatic hydroxyl groups excluding tert-OH is 1. The molecule has 0 radical (unpaired) electrons. The number of rotatable bonds is 6. The highest BCUT2D eigenvalue weighted by Crippen LogP contribution is 2.30. The Bertz CT molecular complexity index is 844. The zero-order chi connectivity index (χ0) is 17.8. The van der Waals surface area contributed by atoms with E-state index in [1.807, 2.05) is 18.2 Å². The minimum Gasteiger partial charge on any atom is -0.457 e. The number of benzene rings is 1. The summed E-state index contributed by atoms with van der Waals surface area (Å²) >= 11 is 0. The van der Waals surface area contributed by atoms with Gasteiger partial charge in [0.15, 0.2) is 5.58 Å². The van der Waals surface area contributed by atoms with Crippen molar-refractivity contribution in [3.05, 3.63) is 42.7 Å². The predicted molar refractivity (Wildman–Crippen MR) is 99.4 cm³/mol. The lowest BCUT2D eigenvalue weighted by Gasteiger charge is -2.29. The smallest absolute Gasteiger partial charge is 0.295 e. The summed E-state index contributed by atoms with van der Waals surface area (Å²) in [7, 11) is 0. The molecular weight excluding hydrogens is 330 g/mol. The fourth-order valence-electron chi connectivity index (χ4n) is 3.58. The van der Waals surface area contributed by atoms with Gasteiger partial charge in [0.25, 0.3) is 6.01 Å². The van der Waals surface area contributed by atoms with Gasteiger partial charge in [-0.25, -0.2) is 0 Å². The van der Waals surface area contributed by atoms with E-state index in [-0.39, 0.29) is 12.6 Å². The third-order valence-corrected chi connectivity index (χ3v) is 4.97. The number of aromatic nitrogens is 2. The Balaban J connectivity index is 1.49. The SMILES string of the molecule is OC[C@H](Nc1nc2ccc(Oc3ccncc3)cc2o1)C1CCCCC1. The van der Waals surface area contributed by atoms with Crippen molar-refractivity contribution in [3.8, 4) is 11.5 Å². The van der Waals surface area contributed by atoms with E-state index in [1.165, 1.54) is 19.3 Å². The van der Waals surface area contributed by atoms with Crippen molar-refractivity contribution in [2.45, 2.75) is 38.1 Å². The van der Waals surface area contributed by atoms with E-state index in [9.17, 15) is 5.11 Å². The molecular formula is C20H23N3O3. The lowest BCUT2D eigenvalue weighted by Crippen LogP contribution is -2.34. The second-order valence-corrected chi connectivity index (χ2v) is 6.77. The summed E-state index contributed by atoms with van der Waals surface area (Å²) in [4.78, 5) is 8.47. The highest BCUT2D eigenvalue weighted by molar-refractivity contribution is 5.76. The first-order valence-corrected chi connectivity index (χ1v) is 9.18. The molecule has 1 aromatic carbocycles. The van der Waals surface area contributed by atoms with Gasteiger partial charge in [0.1, 0.15) is 17.0 Å². The van der Waals surface area contributed by atoms with E-state index in [0.29, 0.717) is 23.3 Å². The molecule has 0 saturated heterocycles. The molecule has 0 spiro atoms. The van der Waals surface area contributed by atoms with Crippen molar-refractivity contribution in [1.82, 2.24) is 9.97 Å². The average Bonchev–Trinajstić information content (AvgIpc) is 3.09. The van der Waals surface area contributed by atoms with Gasteiger partial charge in [0.05, 0.1) is 12.6 Å². The van der Waals surface area contributed by atoms with Crippen LogP contribution >= 0.6 is 0 Å². The number of anilines is 1. The fraction of sp³-hybridized carbons (Fsp3) is 0.400. The number of nitrogens with one attached hydrogen (secondary N) is 1. The maximum absolute atomic E-state index is 9.77. The second-order valence-electron chi connectivity index (χ2n) is 6.77. The van der Waals surface area contributed by atoms with Crippen molar-refractivity contribution in [3.63, 3.8) is 0 Å². The number of fused-ring (bicyclic) bond motifs is 1. The molecule has 0 bridgehead atoms. The predicted octanol–water partition coefficient (Wildman–Crippen LogP) is 4.37. The minimum atomic E-state index is -0.0177. The van der Waals surface area contributed by atoms with Gasteiger partial charge in [0.2, 0.25) is 0 Å². The number of nitrogens with zero attached hydrogens (tertiary/aromatic N) is 2. The van der Waals surface area contributed by atoms with Gasteiger partial charge in [-0.1, -0.05) is 19.3 Å². The van der Waals surface area contributed by atoms with Crippen LogP contribution in [0.25, 0.3) is 11.1 Å². The highest BCUT2D eigenvalue weighted by atomic mass is 16.5. The van der Waals surface area contributed by atoms with E-state index >= 15 is 0 Å². The van der Waals surface area contributed by atoms with Gasteiger partial charge in [0, 0.05) is 18.5 Å². The average molecular weight is 353 g/mol. The molecule has 136 valence electrons. The molecule has 2 heterocycles. The molecule has 1 aliphatic carbocycles. The summed E-state index contributed by atoms with van der Waals surface area (Å²) in [6.45, 7) is 0.0831. The first-order chi connectivity index (χ1) is 12.8. The topological polar surface area (TPSA) is 80.4 Å². The molecule has 3 aromatic rings. The molecule has 2 N–H and O–H groups in total. The summed E-state index contributed by atoms with van der Waals surface area (Å²) in [6, 6.07) is 9.58. The third-order valence-electron chi connectivity index (χ3n) is 4.97. The van der Waals surface area contributed by atoms with E-state index in [1.54, 1.807) is 24.5 Å². The Morgan fingerprint density at radius 1 is 1.12 bits per heavy atom. The summed E-state index contributed by atoms with van der Waals surface area (Å²) in [5.41, 5.74) is 1.41. The molecule has 4 rings (SSSR count). The van der Waals surface area contributed by atoms with Gasteiger partial charge in [-0.05, 0) is 43.0 Å². The molecule has 0 amide bonds. The van der Waals surface area contributed by atoms with Crippen LogP contribution in [-0.2, 0) is 0 Å². The van der Waals surface area contributed by atoms with E-state index in [2.05, 4.69) is 15.3 Å².